The van der Waals surface area contributed by atoms with Gasteiger partial charge in [-0.2, -0.15) is 0 Å². The van der Waals surface area contributed by atoms with Crippen molar-refractivity contribution in [3.05, 3.63) is 441 Å². The summed E-state index contributed by atoms with van der Waals surface area (Å²) in [7, 11) is -1.93. The van der Waals surface area contributed by atoms with Gasteiger partial charge in [0.15, 0.2) is 0 Å². The van der Waals surface area contributed by atoms with Crippen LogP contribution in [0.5, 0.6) is 0 Å². The number of rotatable bonds is 12. The smallest absolute Gasteiger partial charge is 0.358 e. The number of aryl methyl sites for hydroxylation is 12. The molecule has 0 atom stereocenters. The van der Waals surface area contributed by atoms with Gasteiger partial charge < -0.3 is 12.8 Å². The minimum absolute atomic E-state index is 0. The van der Waals surface area contributed by atoms with E-state index in [9.17, 15) is 43.9 Å². The predicted molar refractivity (Wildman–Crippen MR) is 477 cm³/mol. The fourth-order valence-electron chi connectivity index (χ4n) is 11.2. The topological polar surface area (TPSA) is 0 Å². The van der Waals surface area contributed by atoms with E-state index in [0.29, 0.717) is 0 Å². The zero-order valence-electron chi connectivity index (χ0n) is 67.9. The van der Waals surface area contributed by atoms with Crippen LogP contribution in [0.2, 0.25) is 0 Å². The van der Waals surface area contributed by atoms with Crippen LogP contribution in [0.25, 0.3) is 0 Å². The number of halogens is 10. The van der Waals surface area contributed by atoms with Crippen LogP contribution in [-0.2, 0) is 42.1 Å². The molecule has 0 amide bonds. The third-order valence-corrected chi connectivity index (χ3v) is 27.6. The average molecular weight is 2040 g/mol. The minimum Gasteiger partial charge on any atom is -0.358 e. The maximum absolute atomic E-state index is 12.0. The molecular formula is C104H84F10P4Pt2. The third-order valence-electron chi connectivity index (χ3n) is 17.8. The first kappa shape index (κ1) is 98.5. The molecule has 14 aromatic rings. The molecule has 0 spiro atoms. The maximum Gasteiger partial charge on any atom is 2.00 e. The normalized spacial score (nSPS) is 10.1. The van der Waals surface area contributed by atoms with E-state index in [-0.39, 0.29) is 42.1 Å². The number of benzene rings is 14. The van der Waals surface area contributed by atoms with E-state index in [2.05, 4.69) is 398 Å². The van der Waals surface area contributed by atoms with Crippen LogP contribution in [-0.4, -0.2) is 0 Å². The monoisotopic (exact) mass is 2040 g/mol. The van der Waals surface area contributed by atoms with Gasteiger partial charge >= 0.3 is 42.1 Å². The molecule has 0 aliphatic heterocycles. The molecule has 0 N–H and O–H groups in total. The summed E-state index contributed by atoms with van der Waals surface area (Å²) in [4.78, 5) is 0. The molecule has 0 nitrogen and oxygen atoms in total. The molecular weight excluding hydrogens is 1950 g/mol. The van der Waals surface area contributed by atoms with E-state index in [0.717, 1.165) is 12.1 Å². The molecule has 0 saturated carbocycles. The molecule has 16 heteroatoms. The summed E-state index contributed by atoms with van der Waals surface area (Å²) in [6, 6.07) is 110. The summed E-state index contributed by atoms with van der Waals surface area (Å²) >= 11 is 0. The molecule has 14 aromatic carbocycles. The van der Waals surface area contributed by atoms with Crippen molar-refractivity contribution in [1.82, 2.24) is 0 Å². The Labute approximate surface area is 735 Å². The summed E-state index contributed by atoms with van der Waals surface area (Å²) in [5, 5.41) is 16.9. The Morgan fingerprint density at radius 3 is 0.367 bits per heavy atom. The van der Waals surface area contributed by atoms with Crippen LogP contribution in [0.3, 0.4) is 0 Å². The van der Waals surface area contributed by atoms with E-state index in [1.807, 2.05) is 11.8 Å². The molecule has 0 radical (unpaired) electrons. The fraction of sp³-hybridized carbons (Fsp3) is 0.115. The van der Waals surface area contributed by atoms with Gasteiger partial charge in [-0.25, -0.2) is 38.2 Å². The second-order valence-electron chi connectivity index (χ2n) is 27.5. The summed E-state index contributed by atoms with van der Waals surface area (Å²) in [5.74, 6) is -7.65. The van der Waals surface area contributed by atoms with Crippen molar-refractivity contribution in [1.29, 1.82) is 0 Å². The molecule has 0 bridgehead atoms. The van der Waals surface area contributed by atoms with Gasteiger partial charge in [0.2, 0.25) is 0 Å². The van der Waals surface area contributed by atoms with Crippen LogP contribution in [0, 0.1) is 202 Å². The van der Waals surface area contributed by atoms with E-state index in [1.165, 1.54) is 130 Å². The summed E-state index contributed by atoms with van der Waals surface area (Å²) < 4.78 is 120. The first-order valence-electron chi connectivity index (χ1n) is 37.2. The number of hydrogen-bond acceptors (Lipinski definition) is 0. The van der Waals surface area contributed by atoms with E-state index in [4.69, 9.17) is 12.8 Å². The van der Waals surface area contributed by atoms with Gasteiger partial charge in [-0.3, -0.25) is 29.4 Å². The van der Waals surface area contributed by atoms with E-state index < -0.39 is 89.9 Å². The molecule has 120 heavy (non-hydrogen) atoms. The molecule has 0 unspecified atom stereocenters. The fourth-order valence-corrected chi connectivity index (χ4v) is 20.2. The Morgan fingerprint density at radius 2 is 0.275 bits per heavy atom. The van der Waals surface area contributed by atoms with Crippen LogP contribution in [0.1, 0.15) is 66.8 Å². The molecule has 610 valence electrons. The van der Waals surface area contributed by atoms with Crippen molar-refractivity contribution in [2.24, 2.45) is 0 Å². The van der Waals surface area contributed by atoms with E-state index >= 15 is 0 Å². The largest absolute Gasteiger partial charge is 2.00 e. The van der Waals surface area contributed by atoms with Crippen molar-refractivity contribution in [2.75, 3.05) is 0 Å². The van der Waals surface area contributed by atoms with Gasteiger partial charge in [0.1, 0.15) is 0 Å². The quantitative estimate of drug-likeness (QED) is 0.0286. The second kappa shape index (κ2) is 49.4. The zero-order valence-corrected chi connectivity index (χ0v) is 76.0. The minimum atomic E-state index is -2.17. The Kier molecular flexibility index (Phi) is 40.6. The first-order chi connectivity index (χ1) is 56.5. The molecule has 0 fully saturated rings. The predicted octanol–water partition coefficient (Wildman–Crippen LogP) is 22.0. The molecule has 14 rings (SSSR count). The van der Waals surface area contributed by atoms with Gasteiger partial charge in [0.05, 0.1) is 58.2 Å². The van der Waals surface area contributed by atoms with Gasteiger partial charge in [0, 0.05) is 0 Å². The summed E-state index contributed by atoms with van der Waals surface area (Å²) in [6.07, 6.45) is 12.6. The Hall–Kier alpha value is -10.3. The molecule has 0 aliphatic rings. The first-order valence-corrected chi connectivity index (χ1v) is 42.5. The van der Waals surface area contributed by atoms with Gasteiger partial charge in [-0.05, 0) is 178 Å². The van der Waals surface area contributed by atoms with Crippen LogP contribution < -0.4 is 63.7 Å². The Morgan fingerprint density at radius 1 is 0.175 bits per heavy atom. The Balaban J connectivity index is 0.000000222. The zero-order chi connectivity index (χ0) is 85.5. The van der Waals surface area contributed by atoms with Gasteiger partial charge in [0.25, 0.3) is 0 Å². The van der Waals surface area contributed by atoms with E-state index in [1.54, 1.807) is 0 Å². The van der Waals surface area contributed by atoms with Crippen LogP contribution >= 0.6 is 31.7 Å². The maximum atomic E-state index is 12.0. The molecule has 0 saturated heterocycles. The van der Waals surface area contributed by atoms with Crippen molar-refractivity contribution >= 4 is 95.3 Å². The van der Waals surface area contributed by atoms with Crippen molar-refractivity contribution in [3.8, 4) is 35.5 Å². The molecule has 0 heterocycles. The third kappa shape index (κ3) is 29.9. The number of hydrogen-bond donors (Lipinski definition) is 0. The average Bonchev–Trinajstić information content (AvgIpc) is 0.806. The van der Waals surface area contributed by atoms with Crippen LogP contribution in [0.15, 0.2) is 291 Å². The SMILES string of the molecule is Cc1ccc(P(c2ccc(C)cc2)c2ccc(C)cc2)cc1.Cc1ccc(P(c2ccc(C)cc2)c2ccc(C)cc2)cc1.Cc1ccc(P(c2ccc(C)cc2)c2ccc(C)cc2)cc1.Cc1ccc(P(c2ccc(C)cc2)c2ccc(C)cc2)cc1.Fc1[c-]c(F)c(F)c(F)c1F.Fc1[c-]c(F)c(F)c(F)c1F.[C-]#CC#CC#CC#[C-].[Pt+2].[Pt+2]. The molecule has 0 aliphatic carbocycles. The standard InChI is InChI=1S/4C21H21P.C8.2C6F5.2Pt/c4*1-16-4-10-19(11-5-16)22(20-12-6-17(2)7-13-20)21-14-8-18(3)9-15-21;1-3-5-7-8-6-4-2;2*7-2-1-3(8)5(10)6(11)4(2)9;;/h4*4-15H,1-3H3;;;;;/q;;;;-2;2*-1;2*+2. The van der Waals surface area contributed by atoms with Gasteiger partial charge in [-0.1, -0.05) is 358 Å². The van der Waals surface area contributed by atoms with Crippen LogP contribution in [0.4, 0.5) is 43.9 Å². The molecule has 0 aromatic heterocycles. The van der Waals surface area contributed by atoms with Crippen molar-refractivity contribution in [3.63, 3.8) is 0 Å². The summed E-state index contributed by atoms with van der Waals surface area (Å²) in [5.41, 5.74) is 15.7. The van der Waals surface area contributed by atoms with Crippen molar-refractivity contribution in [2.45, 2.75) is 83.1 Å². The van der Waals surface area contributed by atoms with Crippen molar-refractivity contribution < 1.29 is 86.0 Å². The van der Waals surface area contributed by atoms with Gasteiger partial charge in [-0.15, -0.1) is 24.0 Å². The summed E-state index contributed by atoms with van der Waals surface area (Å²) in [6.45, 7) is 25.7. The second-order valence-corrected chi connectivity index (χ2v) is 36.4. The Bertz CT molecular complexity index is 4680.